The number of aromatic nitrogens is 1. The maximum Gasteiger partial charge on any atom is 0.306 e. The molecule has 2 aromatic heterocycles. The van der Waals surface area contributed by atoms with Crippen molar-refractivity contribution in [2.24, 2.45) is 7.05 Å². The number of aryl methyl sites for hydroxylation is 1. The number of carbonyl (C=O) groups excluding carboxylic acids is 1. The zero-order chi connectivity index (χ0) is 21.1. The van der Waals surface area contributed by atoms with E-state index in [1.54, 1.807) is 19.2 Å². The van der Waals surface area contributed by atoms with Crippen molar-refractivity contribution >= 4 is 16.9 Å². The van der Waals surface area contributed by atoms with Gasteiger partial charge in [-0.15, -0.1) is 0 Å². The maximum absolute atomic E-state index is 13.1. The first-order chi connectivity index (χ1) is 13.9. The molecule has 0 fully saturated rings. The van der Waals surface area contributed by atoms with E-state index in [1.165, 1.54) is 18.8 Å². The van der Waals surface area contributed by atoms with E-state index in [9.17, 15) is 19.5 Å². The summed E-state index contributed by atoms with van der Waals surface area (Å²) in [4.78, 5) is 37.4. The number of nitrogens with zero attached hydrogens (tertiary/aromatic N) is 1. The number of para-hydroxylation sites is 1. The Balaban J connectivity index is 2.29. The second-order valence-electron chi connectivity index (χ2n) is 6.58. The quantitative estimate of drug-likeness (QED) is 0.632. The van der Waals surface area contributed by atoms with Crippen LogP contribution in [-0.4, -0.2) is 29.9 Å². The molecule has 0 amide bonds. The van der Waals surface area contributed by atoms with Gasteiger partial charge in [-0.3, -0.25) is 14.4 Å². The van der Waals surface area contributed by atoms with Gasteiger partial charge in [0.1, 0.15) is 12.4 Å². The second-order valence-corrected chi connectivity index (χ2v) is 6.58. The Bertz CT molecular complexity index is 1180. The minimum Gasteiger partial charge on any atom is -0.502 e. The summed E-state index contributed by atoms with van der Waals surface area (Å²) in [6.45, 7) is -0.0107. The van der Waals surface area contributed by atoms with Crippen molar-refractivity contribution in [3.05, 3.63) is 74.1 Å². The minimum absolute atomic E-state index is 0.0107. The summed E-state index contributed by atoms with van der Waals surface area (Å²) >= 11 is 0. The van der Waals surface area contributed by atoms with E-state index in [0.717, 1.165) is 11.5 Å². The van der Waals surface area contributed by atoms with Crippen molar-refractivity contribution in [2.75, 3.05) is 14.2 Å². The maximum atomic E-state index is 13.1. The SMILES string of the molecule is COCc1cc(=O)c(O)c([C@@H](CC(=O)OC)c2cc3ccccc3n(C)c2=O)o1. The van der Waals surface area contributed by atoms with Crippen LogP contribution in [0.5, 0.6) is 5.75 Å². The first-order valence-corrected chi connectivity index (χ1v) is 8.87. The third kappa shape index (κ3) is 3.93. The molecule has 0 spiro atoms. The number of rotatable bonds is 6. The van der Waals surface area contributed by atoms with E-state index in [0.29, 0.717) is 5.52 Å². The monoisotopic (exact) mass is 399 g/mol. The van der Waals surface area contributed by atoms with E-state index in [1.807, 2.05) is 18.2 Å². The van der Waals surface area contributed by atoms with Crippen LogP contribution < -0.4 is 11.0 Å². The molecule has 0 bridgehead atoms. The van der Waals surface area contributed by atoms with Gasteiger partial charge in [0, 0.05) is 25.8 Å². The summed E-state index contributed by atoms with van der Waals surface area (Å²) in [5.41, 5.74) is -0.163. The normalized spacial score (nSPS) is 12.1. The highest BCUT2D eigenvalue weighted by Crippen LogP contribution is 2.33. The third-order valence-corrected chi connectivity index (χ3v) is 4.74. The van der Waals surface area contributed by atoms with E-state index in [-0.39, 0.29) is 35.7 Å². The molecule has 0 aliphatic carbocycles. The predicted octanol–water partition coefficient (Wildman–Crippen LogP) is 2.04. The molecule has 8 heteroatoms. The van der Waals surface area contributed by atoms with Crippen LogP contribution >= 0.6 is 0 Å². The predicted molar refractivity (Wildman–Crippen MR) is 105 cm³/mol. The molecule has 8 nitrogen and oxygen atoms in total. The summed E-state index contributed by atoms with van der Waals surface area (Å²) in [7, 11) is 4.26. The molecule has 0 saturated heterocycles. The van der Waals surface area contributed by atoms with Gasteiger partial charge in [-0.25, -0.2) is 0 Å². The summed E-state index contributed by atoms with van der Waals surface area (Å²) < 4.78 is 16.9. The van der Waals surface area contributed by atoms with Gasteiger partial charge in [0.15, 0.2) is 5.76 Å². The molecule has 2 heterocycles. The minimum atomic E-state index is -1.02. The van der Waals surface area contributed by atoms with Gasteiger partial charge in [-0.2, -0.15) is 0 Å². The van der Waals surface area contributed by atoms with Crippen molar-refractivity contribution in [2.45, 2.75) is 18.9 Å². The van der Waals surface area contributed by atoms with Crippen LogP contribution in [0.1, 0.15) is 29.4 Å². The van der Waals surface area contributed by atoms with Gasteiger partial charge in [0.25, 0.3) is 5.56 Å². The number of ether oxygens (including phenoxy) is 2. The van der Waals surface area contributed by atoms with Crippen LogP contribution in [0.25, 0.3) is 10.9 Å². The summed E-state index contributed by atoms with van der Waals surface area (Å²) in [5.74, 6) is -2.31. The van der Waals surface area contributed by atoms with Gasteiger partial charge in [0.05, 0.1) is 25.0 Å². The lowest BCUT2D eigenvalue weighted by Crippen LogP contribution is -2.26. The Labute approximate surface area is 165 Å². The van der Waals surface area contributed by atoms with Crippen LogP contribution in [0.2, 0.25) is 0 Å². The van der Waals surface area contributed by atoms with Gasteiger partial charge in [-0.1, -0.05) is 18.2 Å². The zero-order valence-corrected chi connectivity index (χ0v) is 16.3. The summed E-state index contributed by atoms with van der Waals surface area (Å²) in [6, 6.07) is 10.00. The van der Waals surface area contributed by atoms with Crippen molar-refractivity contribution < 1.29 is 23.8 Å². The molecule has 0 aliphatic heterocycles. The molecule has 0 unspecified atom stereocenters. The molecule has 1 aromatic carbocycles. The van der Waals surface area contributed by atoms with Crippen LogP contribution in [-0.2, 0) is 27.9 Å². The average Bonchev–Trinajstić information content (AvgIpc) is 2.72. The lowest BCUT2D eigenvalue weighted by atomic mass is 9.92. The first-order valence-electron chi connectivity index (χ1n) is 8.87. The van der Waals surface area contributed by atoms with Gasteiger partial charge < -0.3 is 23.6 Å². The number of hydrogen-bond acceptors (Lipinski definition) is 7. The molecule has 0 radical (unpaired) electrons. The Morgan fingerprint density at radius 2 is 1.93 bits per heavy atom. The number of hydrogen-bond donors (Lipinski definition) is 1. The lowest BCUT2D eigenvalue weighted by molar-refractivity contribution is -0.140. The molecule has 3 rings (SSSR count). The number of fused-ring (bicyclic) bond motifs is 1. The van der Waals surface area contributed by atoms with Gasteiger partial charge in [0.2, 0.25) is 11.2 Å². The molecular formula is C21H21NO7. The molecule has 29 heavy (non-hydrogen) atoms. The highest BCUT2D eigenvalue weighted by Gasteiger charge is 2.29. The fraction of sp³-hybridized carbons (Fsp3) is 0.286. The van der Waals surface area contributed by atoms with Gasteiger partial charge in [-0.05, 0) is 17.5 Å². The van der Waals surface area contributed by atoms with Crippen molar-refractivity contribution in [1.82, 2.24) is 4.57 Å². The first kappa shape index (κ1) is 20.3. The number of pyridine rings is 1. The average molecular weight is 399 g/mol. The molecule has 1 atom stereocenters. The molecule has 3 aromatic rings. The number of aromatic hydroxyl groups is 1. The Kier molecular flexibility index (Phi) is 5.84. The fourth-order valence-corrected chi connectivity index (χ4v) is 3.30. The number of carbonyl (C=O) groups is 1. The Morgan fingerprint density at radius 3 is 2.62 bits per heavy atom. The standard InChI is InChI=1S/C21H21NO7/c1-22-16-7-5-4-6-12(16)8-15(21(22)26)14(10-18(24)28-3)20-19(25)17(23)9-13(29-20)11-27-2/h4-9,14,25H,10-11H2,1-3H3/t14-/m0/s1. The van der Waals surface area contributed by atoms with Crippen LogP contribution in [0.3, 0.4) is 0 Å². The largest absolute Gasteiger partial charge is 0.502 e. The van der Waals surface area contributed by atoms with Crippen molar-refractivity contribution in [3.63, 3.8) is 0 Å². The topological polar surface area (TPSA) is 108 Å². The molecule has 152 valence electrons. The Morgan fingerprint density at radius 1 is 1.21 bits per heavy atom. The Hall–Kier alpha value is -3.39. The molecule has 1 N–H and O–H groups in total. The molecule has 0 aliphatic rings. The van der Waals surface area contributed by atoms with E-state index < -0.39 is 23.1 Å². The van der Waals surface area contributed by atoms with E-state index in [2.05, 4.69) is 0 Å². The second kappa shape index (κ2) is 8.32. The number of methoxy groups -OCH3 is 2. The van der Waals surface area contributed by atoms with Crippen molar-refractivity contribution in [1.29, 1.82) is 0 Å². The summed E-state index contributed by atoms with van der Waals surface area (Å²) in [6.07, 6.45) is -0.295. The zero-order valence-electron chi connectivity index (χ0n) is 16.3. The van der Waals surface area contributed by atoms with Crippen LogP contribution in [0.15, 0.2) is 50.4 Å². The third-order valence-electron chi connectivity index (χ3n) is 4.74. The number of benzene rings is 1. The fourth-order valence-electron chi connectivity index (χ4n) is 3.30. The molecular weight excluding hydrogens is 378 g/mol. The number of esters is 1. The van der Waals surface area contributed by atoms with Crippen LogP contribution in [0, 0.1) is 0 Å². The van der Waals surface area contributed by atoms with Gasteiger partial charge >= 0.3 is 5.97 Å². The van der Waals surface area contributed by atoms with Crippen molar-refractivity contribution in [3.8, 4) is 5.75 Å². The highest BCUT2D eigenvalue weighted by molar-refractivity contribution is 5.80. The van der Waals surface area contributed by atoms with E-state index in [4.69, 9.17) is 13.9 Å². The lowest BCUT2D eigenvalue weighted by Gasteiger charge is -2.18. The highest BCUT2D eigenvalue weighted by atomic mass is 16.5. The van der Waals surface area contributed by atoms with E-state index >= 15 is 0 Å². The molecule has 0 saturated carbocycles. The van der Waals surface area contributed by atoms with Crippen LogP contribution in [0.4, 0.5) is 0 Å². The smallest absolute Gasteiger partial charge is 0.306 e. The summed E-state index contributed by atoms with van der Waals surface area (Å²) in [5, 5.41) is 11.1.